The number of urea groups is 1. The van der Waals surface area contributed by atoms with Gasteiger partial charge in [0.2, 0.25) is 6.79 Å². The Hall–Kier alpha value is -3.85. The van der Waals surface area contributed by atoms with E-state index in [4.69, 9.17) is 14.2 Å². The standard InChI is InChI=1S/C23H21N3O6/c1-14-10-16(25-6-8-30-9-7-25)3-2-15(14)11-18-21(27)24-23(29)26(22(18)28)17-4-5-19-20(12-17)32-13-31-19/h2-5,10-12H,6-9,13H2,1H3,(H,24,27,29)/b18-11+. The highest BCUT2D eigenvalue weighted by atomic mass is 16.7. The van der Waals surface area contributed by atoms with E-state index >= 15 is 0 Å². The zero-order valence-electron chi connectivity index (χ0n) is 17.4. The van der Waals surface area contributed by atoms with E-state index in [0.29, 0.717) is 24.7 Å². The van der Waals surface area contributed by atoms with Gasteiger partial charge in [0, 0.05) is 24.8 Å². The average molecular weight is 435 g/mol. The number of ether oxygens (including phenoxy) is 3. The lowest BCUT2D eigenvalue weighted by atomic mass is 10.0. The highest BCUT2D eigenvalue weighted by molar-refractivity contribution is 6.39. The van der Waals surface area contributed by atoms with Crippen molar-refractivity contribution in [3.8, 4) is 11.5 Å². The van der Waals surface area contributed by atoms with Crippen LogP contribution in [-0.4, -0.2) is 50.9 Å². The number of nitrogens with one attached hydrogen (secondary N) is 1. The normalized spacial score (nSPS) is 19.5. The number of benzene rings is 2. The predicted octanol–water partition coefficient (Wildman–Crippen LogP) is 2.23. The van der Waals surface area contributed by atoms with E-state index in [1.807, 2.05) is 25.1 Å². The molecule has 2 aromatic carbocycles. The van der Waals surface area contributed by atoms with Gasteiger partial charge in [-0.2, -0.15) is 0 Å². The first kappa shape index (κ1) is 20.1. The van der Waals surface area contributed by atoms with Gasteiger partial charge in [-0.05, 0) is 48.4 Å². The smallest absolute Gasteiger partial charge is 0.335 e. The highest BCUT2D eigenvalue weighted by Gasteiger charge is 2.37. The molecule has 1 N–H and O–H groups in total. The van der Waals surface area contributed by atoms with Crippen molar-refractivity contribution < 1.29 is 28.6 Å². The number of morpholine rings is 1. The molecular weight excluding hydrogens is 414 g/mol. The van der Waals surface area contributed by atoms with E-state index in [9.17, 15) is 14.4 Å². The van der Waals surface area contributed by atoms with Crippen LogP contribution in [0.15, 0.2) is 42.0 Å². The number of amides is 4. The number of nitrogens with zero attached hydrogens (tertiary/aromatic N) is 2. The number of hydrogen-bond donors (Lipinski definition) is 1. The van der Waals surface area contributed by atoms with Crippen LogP contribution < -0.4 is 24.6 Å². The fourth-order valence-corrected chi connectivity index (χ4v) is 3.91. The fourth-order valence-electron chi connectivity index (χ4n) is 3.91. The third kappa shape index (κ3) is 3.56. The molecule has 9 heteroatoms. The molecule has 164 valence electrons. The maximum atomic E-state index is 13.2. The summed E-state index contributed by atoms with van der Waals surface area (Å²) in [5.74, 6) is -0.468. The summed E-state index contributed by atoms with van der Waals surface area (Å²) in [7, 11) is 0. The van der Waals surface area contributed by atoms with E-state index in [1.54, 1.807) is 12.1 Å². The molecule has 2 aromatic rings. The Balaban J connectivity index is 1.45. The molecule has 3 heterocycles. The minimum Gasteiger partial charge on any atom is -0.454 e. The molecule has 0 atom stereocenters. The molecule has 3 aliphatic rings. The lowest BCUT2D eigenvalue weighted by Gasteiger charge is -2.29. The third-order valence-corrected chi connectivity index (χ3v) is 5.65. The van der Waals surface area contributed by atoms with Gasteiger partial charge in [-0.15, -0.1) is 0 Å². The zero-order chi connectivity index (χ0) is 22.2. The summed E-state index contributed by atoms with van der Waals surface area (Å²) >= 11 is 0. The molecular formula is C23H21N3O6. The topological polar surface area (TPSA) is 97.4 Å². The molecule has 4 amide bonds. The summed E-state index contributed by atoms with van der Waals surface area (Å²) < 4.78 is 16.0. The van der Waals surface area contributed by atoms with E-state index in [2.05, 4.69) is 10.2 Å². The molecule has 0 spiro atoms. The molecule has 5 rings (SSSR count). The number of carbonyl (C=O) groups is 3. The molecule has 0 aromatic heterocycles. The van der Waals surface area contributed by atoms with Crippen molar-refractivity contribution in [2.45, 2.75) is 6.92 Å². The lowest BCUT2D eigenvalue weighted by Crippen LogP contribution is -2.54. The van der Waals surface area contributed by atoms with Gasteiger partial charge in [0.25, 0.3) is 11.8 Å². The van der Waals surface area contributed by atoms with E-state index in [-0.39, 0.29) is 18.1 Å². The van der Waals surface area contributed by atoms with Gasteiger partial charge < -0.3 is 19.1 Å². The SMILES string of the molecule is Cc1cc(N2CCOCC2)ccc1/C=C1\C(=O)NC(=O)N(c2ccc3c(c2)OCO3)C1=O. The number of fused-ring (bicyclic) bond motifs is 1. The number of rotatable bonds is 3. The molecule has 0 bridgehead atoms. The summed E-state index contributed by atoms with van der Waals surface area (Å²) in [6.07, 6.45) is 1.52. The molecule has 3 aliphatic heterocycles. The number of hydrogen-bond acceptors (Lipinski definition) is 7. The van der Waals surface area contributed by atoms with Crippen molar-refractivity contribution in [3.05, 3.63) is 53.1 Å². The van der Waals surface area contributed by atoms with Crippen LogP contribution in [0.1, 0.15) is 11.1 Å². The second-order valence-corrected chi connectivity index (χ2v) is 7.64. The molecule has 0 saturated carbocycles. The van der Waals surface area contributed by atoms with Crippen molar-refractivity contribution in [2.24, 2.45) is 0 Å². The Labute approximate surface area is 184 Å². The number of aryl methyl sites for hydroxylation is 1. The summed E-state index contributed by atoms with van der Waals surface area (Å²) in [5.41, 5.74) is 2.86. The Bertz CT molecular complexity index is 1150. The van der Waals surface area contributed by atoms with Crippen LogP contribution in [0.2, 0.25) is 0 Å². The Kier molecular flexibility index (Phi) is 5.02. The Morgan fingerprint density at radius 1 is 0.938 bits per heavy atom. The Morgan fingerprint density at radius 3 is 2.47 bits per heavy atom. The summed E-state index contributed by atoms with van der Waals surface area (Å²) in [5, 5.41) is 2.24. The Morgan fingerprint density at radius 2 is 1.69 bits per heavy atom. The molecule has 0 unspecified atom stereocenters. The molecule has 9 nitrogen and oxygen atoms in total. The van der Waals surface area contributed by atoms with Gasteiger partial charge in [0.05, 0.1) is 18.9 Å². The quantitative estimate of drug-likeness (QED) is 0.583. The molecule has 0 aliphatic carbocycles. The first-order valence-corrected chi connectivity index (χ1v) is 10.3. The molecule has 2 fully saturated rings. The minimum absolute atomic E-state index is 0.0717. The summed E-state index contributed by atoms with van der Waals surface area (Å²) in [4.78, 5) is 41.3. The number of barbiturate groups is 1. The molecule has 2 saturated heterocycles. The van der Waals surface area contributed by atoms with Crippen LogP contribution in [0.4, 0.5) is 16.2 Å². The monoisotopic (exact) mass is 435 g/mol. The van der Waals surface area contributed by atoms with E-state index in [0.717, 1.165) is 34.8 Å². The molecule has 0 radical (unpaired) electrons. The van der Waals surface area contributed by atoms with Gasteiger partial charge >= 0.3 is 6.03 Å². The van der Waals surface area contributed by atoms with Crippen LogP contribution >= 0.6 is 0 Å². The lowest BCUT2D eigenvalue weighted by molar-refractivity contribution is -0.122. The molecule has 32 heavy (non-hydrogen) atoms. The van der Waals surface area contributed by atoms with Gasteiger partial charge in [-0.1, -0.05) is 6.07 Å². The summed E-state index contributed by atoms with van der Waals surface area (Å²) in [6.45, 7) is 4.98. The average Bonchev–Trinajstić information content (AvgIpc) is 3.26. The second kappa shape index (κ2) is 8.01. The second-order valence-electron chi connectivity index (χ2n) is 7.64. The van der Waals surface area contributed by atoms with Crippen LogP contribution in [-0.2, 0) is 14.3 Å². The van der Waals surface area contributed by atoms with Crippen molar-refractivity contribution in [2.75, 3.05) is 42.9 Å². The van der Waals surface area contributed by atoms with Gasteiger partial charge in [-0.3, -0.25) is 14.9 Å². The maximum Gasteiger partial charge on any atom is 0.335 e. The van der Waals surface area contributed by atoms with Crippen LogP contribution in [0.3, 0.4) is 0 Å². The minimum atomic E-state index is -0.810. The van der Waals surface area contributed by atoms with Gasteiger partial charge in [-0.25, -0.2) is 9.69 Å². The first-order valence-electron chi connectivity index (χ1n) is 10.3. The summed E-state index contributed by atoms with van der Waals surface area (Å²) in [6, 6.07) is 9.76. The van der Waals surface area contributed by atoms with Crippen molar-refractivity contribution in [1.82, 2.24) is 5.32 Å². The number of carbonyl (C=O) groups excluding carboxylic acids is 3. The first-order chi connectivity index (χ1) is 15.5. The van der Waals surface area contributed by atoms with Crippen molar-refractivity contribution >= 4 is 35.3 Å². The van der Waals surface area contributed by atoms with Crippen LogP contribution in [0, 0.1) is 6.92 Å². The third-order valence-electron chi connectivity index (χ3n) is 5.65. The van der Waals surface area contributed by atoms with Gasteiger partial charge in [0.1, 0.15) is 5.57 Å². The zero-order valence-corrected chi connectivity index (χ0v) is 17.4. The largest absolute Gasteiger partial charge is 0.454 e. The van der Waals surface area contributed by atoms with E-state index < -0.39 is 17.8 Å². The van der Waals surface area contributed by atoms with Gasteiger partial charge in [0.15, 0.2) is 11.5 Å². The number of anilines is 2. The van der Waals surface area contributed by atoms with Crippen LogP contribution in [0.25, 0.3) is 6.08 Å². The fraction of sp³-hybridized carbons (Fsp3) is 0.261. The van der Waals surface area contributed by atoms with Crippen LogP contribution in [0.5, 0.6) is 11.5 Å². The number of imide groups is 2. The van der Waals surface area contributed by atoms with Crippen molar-refractivity contribution in [1.29, 1.82) is 0 Å². The predicted molar refractivity (Wildman–Crippen MR) is 116 cm³/mol. The maximum absolute atomic E-state index is 13.2. The van der Waals surface area contributed by atoms with E-state index in [1.165, 1.54) is 12.1 Å². The van der Waals surface area contributed by atoms with Crippen molar-refractivity contribution in [3.63, 3.8) is 0 Å². The highest BCUT2D eigenvalue weighted by Crippen LogP contribution is 2.36.